The van der Waals surface area contributed by atoms with E-state index < -0.39 is 5.97 Å². The zero-order valence-corrected chi connectivity index (χ0v) is 14.3. The van der Waals surface area contributed by atoms with E-state index in [0.717, 1.165) is 5.75 Å². The average Bonchev–Trinajstić information content (AvgIpc) is 2.40. The second-order valence-electron chi connectivity index (χ2n) is 5.98. The first-order valence-corrected chi connectivity index (χ1v) is 9.61. The second-order valence-corrected chi connectivity index (χ2v) is 7.01. The smallest absolute Gasteiger partial charge is 0.313 e. The van der Waals surface area contributed by atoms with E-state index in [9.17, 15) is 4.79 Å². The van der Waals surface area contributed by atoms with Crippen molar-refractivity contribution in [3.05, 3.63) is 0 Å². The molecule has 0 fully saturated rings. The first-order valence-electron chi connectivity index (χ1n) is 8.46. The fourth-order valence-corrected chi connectivity index (χ4v) is 3.27. The molecule has 0 rings (SSSR count). The second kappa shape index (κ2) is 15.2. The van der Waals surface area contributed by atoms with Gasteiger partial charge in [-0.3, -0.25) is 4.79 Å². The van der Waals surface area contributed by atoms with Crippen molar-refractivity contribution in [3.8, 4) is 0 Å². The monoisotopic (exact) mass is 302 g/mol. The topological polar surface area (TPSA) is 37.3 Å². The Kier molecular flexibility index (Phi) is 15.1. The van der Waals surface area contributed by atoms with Crippen LogP contribution in [-0.2, 0) is 4.79 Å². The van der Waals surface area contributed by atoms with E-state index >= 15 is 0 Å². The molecule has 0 bridgehead atoms. The summed E-state index contributed by atoms with van der Waals surface area (Å²) in [7, 11) is 0. The van der Waals surface area contributed by atoms with Crippen LogP contribution in [0.1, 0.15) is 84.5 Å². The van der Waals surface area contributed by atoms with Crippen LogP contribution >= 0.6 is 11.8 Å². The Bertz CT molecular complexity index is 219. The van der Waals surface area contributed by atoms with Crippen molar-refractivity contribution in [1.82, 2.24) is 0 Å². The molecule has 0 aromatic heterocycles. The van der Waals surface area contributed by atoms with Crippen LogP contribution in [0.2, 0.25) is 0 Å². The van der Waals surface area contributed by atoms with Gasteiger partial charge in [0, 0.05) is 0 Å². The molecule has 0 aromatic rings. The Balaban J connectivity index is 3.13. The summed E-state index contributed by atoms with van der Waals surface area (Å²) in [5, 5.41) is 8.57. The minimum absolute atomic E-state index is 0.252. The van der Waals surface area contributed by atoms with Gasteiger partial charge in [0.25, 0.3) is 0 Å². The molecule has 3 heteroatoms. The molecule has 0 radical (unpaired) electrons. The molecule has 2 nitrogen and oxygen atoms in total. The lowest BCUT2D eigenvalue weighted by Gasteiger charge is -2.09. The highest BCUT2D eigenvalue weighted by atomic mass is 32.2. The van der Waals surface area contributed by atoms with Crippen molar-refractivity contribution in [3.63, 3.8) is 0 Å². The highest BCUT2D eigenvalue weighted by Gasteiger charge is 2.04. The summed E-state index contributed by atoms with van der Waals surface area (Å²) in [5.74, 6) is 1.21. The summed E-state index contributed by atoms with van der Waals surface area (Å²) >= 11 is 1.55. The van der Waals surface area contributed by atoms with Gasteiger partial charge in [-0.2, -0.15) is 0 Å². The molecule has 1 unspecified atom stereocenters. The molecule has 0 aromatic carbocycles. The van der Waals surface area contributed by atoms with E-state index in [1.54, 1.807) is 11.8 Å². The maximum Gasteiger partial charge on any atom is 0.313 e. The van der Waals surface area contributed by atoms with E-state index in [0.29, 0.717) is 5.92 Å². The van der Waals surface area contributed by atoms with Crippen molar-refractivity contribution >= 4 is 17.7 Å². The molecular formula is C17H34O2S. The maximum atomic E-state index is 10.4. The van der Waals surface area contributed by atoms with Crippen LogP contribution in [0, 0.1) is 5.92 Å². The van der Waals surface area contributed by atoms with E-state index in [1.165, 1.54) is 70.6 Å². The summed E-state index contributed by atoms with van der Waals surface area (Å²) in [6.07, 6.45) is 15.1. The third-order valence-corrected chi connectivity index (χ3v) is 4.93. The predicted octanol–water partition coefficient (Wildman–Crippen LogP) is 5.75. The number of carboxylic acid groups (broad SMARTS) is 1. The summed E-state index contributed by atoms with van der Waals surface area (Å²) < 4.78 is 0. The Hall–Kier alpha value is -0.180. The maximum absolute atomic E-state index is 10.4. The van der Waals surface area contributed by atoms with Crippen LogP contribution in [0.3, 0.4) is 0 Å². The number of unbranched alkanes of at least 4 members (excludes halogenated alkanes) is 9. The van der Waals surface area contributed by atoms with E-state index in [2.05, 4.69) is 13.8 Å². The third-order valence-electron chi connectivity index (χ3n) is 3.68. The number of rotatable bonds is 15. The third kappa shape index (κ3) is 15.9. The zero-order valence-electron chi connectivity index (χ0n) is 13.5. The number of hydrogen-bond acceptors (Lipinski definition) is 2. The molecule has 120 valence electrons. The Labute approximate surface area is 130 Å². The van der Waals surface area contributed by atoms with Gasteiger partial charge >= 0.3 is 5.97 Å². The van der Waals surface area contributed by atoms with Gasteiger partial charge in [0.2, 0.25) is 0 Å². The van der Waals surface area contributed by atoms with E-state index in [4.69, 9.17) is 5.11 Å². The highest BCUT2D eigenvalue weighted by molar-refractivity contribution is 7.99. The molecule has 0 spiro atoms. The largest absolute Gasteiger partial charge is 0.481 e. The standard InChI is InChI=1S/C17H34O2S/c1-3-4-5-6-7-8-9-10-11-12-13-16(2)14-20-15-17(18)19/h16H,3-15H2,1-2H3,(H,18,19). The lowest BCUT2D eigenvalue weighted by atomic mass is 10.0. The normalized spacial score (nSPS) is 12.5. The predicted molar refractivity (Wildman–Crippen MR) is 90.6 cm³/mol. The van der Waals surface area contributed by atoms with Crippen LogP contribution in [0.4, 0.5) is 0 Å². The lowest BCUT2D eigenvalue weighted by molar-refractivity contribution is -0.133. The van der Waals surface area contributed by atoms with Crippen molar-refractivity contribution < 1.29 is 9.90 Å². The van der Waals surface area contributed by atoms with Crippen molar-refractivity contribution in [1.29, 1.82) is 0 Å². The average molecular weight is 303 g/mol. The number of aliphatic carboxylic acids is 1. The zero-order chi connectivity index (χ0) is 15.1. The Morgan fingerprint density at radius 2 is 1.45 bits per heavy atom. The van der Waals surface area contributed by atoms with Gasteiger partial charge in [-0.25, -0.2) is 0 Å². The SMILES string of the molecule is CCCCCCCCCCCCC(C)CSCC(=O)O. The Morgan fingerprint density at radius 3 is 1.95 bits per heavy atom. The summed E-state index contributed by atoms with van der Waals surface area (Å²) in [4.78, 5) is 10.4. The van der Waals surface area contributed by atoms with Crippen molar-refractivity contribution in [2.75, 3.05) is 11.5 Å². The van der Waals surface area contributed by atoms with Gasteiger partial charge in [0.15, 0.2) is 0 Å². The molecule has 0 heterocycles. The van der Waals surface area contributed by atoms with Crippen LogP contribution in [-0.4, -0.2) is 22.6 Å². The summed E-state index contributed by atoms with van der Waals surface area (Å²) in [6.45, 7) is 4.50. The molecular weight excluding hydrogens is 268 g/mol. The highest BCUT2D eigenvalue weighted by Crippen LogP contribution is 2.17. The van der Waals surface area contributed by atoms with Gasteiger partial charge < -0.3 is 5.11 Å². The number of carboxylic acids is 1. The molecule has 1 N–H and O–H groups in total. The van der Waals surface area contributed by atoms with Gasteiger partial charge in [-0.05, 0) is 18.1 Å². The number of hydrogen-bond donors (Lipinski definition) is 1. The minimum atomic E-state index is -0.693. The van der Waals surface area contributed by atoms with E-state index in [1.807, 2.05) is 0 Å². The molecule has 1 atom stereocenters. The van der Waals surface area contributed by atoms with Gasteiger partial charge in [-0.15, -0.1) is 11.8 Å². The summed E-state index contributed by atoms with van der Waals surface area (Å²) in [6, 6.07) is 0. The Morgan fingerprint density at radius 1 is 0.950 bits per heavy atom. The fraction of sp³-hybridized carbons (Fsp3) is 0.941. The van der Waals surface area contributed by atoms with Crippen LogP contribution in [0.15, 0.2) is 0 Å². The molecule has 0 amide bonds. The number of thioether (sulfide) groups is 1. The van der Waals surface area contributed by atoms with Crippen molar-refractivity contribution in [2.45, 2.75) is 84.5 Å². The fourth-order valence-electron chi connectivity index (χ4n) is 2.41. The van der Waals surface area contributed by atoms with Crippen molar-refractivity contribution in [2.24, 2.45) is 5.92 Å². The van der Waals surface area contributed by atoms with Crippen LogP contribution in [0.25, 0.3) is 0 Å². The lowest BCUT2D eigenvalue weighted by Crippen LogP contribution is -2.03. The molecule has 0 aliphatic heterocycles. The minimum Gasteiger partial charge on any atom is -0.481 e. The molecule has 0 aliphatic carbocycles. The first-order chi connectivity index (χ1) is 9.66. The first kappa shape index (κ1) is 19.8. The number of carbonyl (C=O) groups is 1. The molecule has 0 saturated carbocycles. The molecule has 0 saturated heterocycles. The quantitative estimate of drug-likeness (QED) is 0.391. The van der Waals surface area contributed by atoms with Crippen LogP contribution in [0.5, 0.6) is 0 Å². The van der Waals surface area contributed by atoms with Crippen LogP contribution < -0.4 is 0 Å². The van der Waals surface area contributed by atoms with Gasteiger partial charge in [-0.1, -0.05) is 78.1 Å². The molecule has 0 aliphatic rings. The summed E-state index contributed by atoms with van der Waals surface area (Å²) in [5.41, 5.74) is 0. The van der Waals surface area contributed by atoms with Gasteiger partial charge in [0.1, 0.15) is 0 Å². The van der Waals surface area contributed by atoms with Gasteiger partial charge in [0.05, 0.1) is 5.75 Å². The van der Waals surface area contributed by atoms with E-state index in [-0.39, 0.29) is 5.75 Å². The molecule has 20 heavy (non-hydrogen) atoms.